The molecule has 0 N–H and O–H groups in total. The Hall–Kier alpha value is -4.19. The van der Waals surface area contributed by atoms with E-state index in [0.717, 1.165) is 0 Å². The molecule has 6 rings (SSSR count). The molecule has 0 atom stereocenters. The zero-order chi connectivity index (χ0) is 31.1. The number of hydrogen-bond donors (Lipinski definition) is 0. The zero-order valence-electron chi connectivity index (χ0n) is 26.9. The molecule has 0 saturated heterocycles. The molecular weight excluding hydrogens is 546 g/mol. The highest BCUT2D eigenvalue weighted by Crippen LogP contribution is 2.33. The molecule has 0 amide bonds. The quantitative estimate of drug-likeness (QED) is 0.140. The summed E-state index contributed by atoms with van der Waals surface area (Å²) < 4.78 is 0. The lowest BCUT2D eigenvalue weighted by Crippen LogP contribution is -2.51. The van der Waals surface area contributed by atoms with E-state index in [1.54, 1.807) is 0 Å². The summed E-state index contributed by atoms with van der Waals surface area (Å²) in [6, 6.07) is 53.7. The minimum atomic E-state index is -0.483. The van der Waals surface area contributed by atoms with Crippen LogP contribution in [-0.4, -0.2) is 6.71 Å². The van der Waals surface area contributed by atoms with E-state index >= 15 is 0 Å². The molecular formula is C42H42BP. The molecule has 6 aromatic rings. The average molecular weight is 589 g/mol. The van der Waals surface area contributed by atoms with Gasteiger partial charge in [-0.05, 0) is 65.4 Å². The number of rotatable bonds is 6. The maximum absolute atomic E-state index is 2.28. The average Bonchev–Trinajstić information content (AvgIpc) is 3.03. The van der Waals surface area contributed by atoms with Gasteiger partial charge in [-0.2, -0.15) is 0 Å². The first-order valence-corrected chi connectivity index (χ1v) is 16.8. The highest BCUT2D eigenvalue weighted by molar-refractivity contribution is 7.79. The third-order valence-electron chi connectivity index (χ3n) is 8.11. The molecule has 2 heteroatoms. The van der Waals surface area contributed by atoms with Crippen molar-refractivity contribution in [2.45, 2.75) is 41.5 Å². The highest BCUT2D eigenvalue weighted by atomic mass is 31.1. The molecule has 0 aliphatic carbocycles. The van der Waals surface area contributed by atoms with Crippen LogP contribution in [0.4, 0.5) is 0 Å². The molecule has 0 aliphatic heterocycles. The lowest BCUT2D eigenvalue weighted by Gasteiger charge is -2.20. The van der Waals surface area contributed by atoms with Crippen LogP contribution in [0.1, 0.15) is 33.4 Å². The van der Waals surface area contributed by atoms with Gasteiger partial charge in [-0.3, -0.25) is 0 Å². The van der Waals surface area contributed by atoms with Crippen molar-refractivity contribution in [2.24, 2.45) is 0 Å². The van der Waals surface area contributed by atoms with Gasteiger partial charge in [0.25, 0.3) is 0 Å². The molecule has 0 aromatic heterocycles. The standard InChI is InChI=1S/C21H21B.C21H21P/c2*1-16-4-10-19(11-5-16)22(20-12-6-17(2)7-13-20)21-14-8-18(3)9-15-21/h2*4-15H,1-3H3. The normalized spacial score (nSPS) is 10.7. The second-order valence-corrected chi connectivity index (χ2v) is 14.2. The topological polar surface area (TPSA) is 0 Å². The summed E-state index contributed by atoms with van der Waals surface area (Å²) in [5.74, 6) is 0. The molecule has 0 fully saturated rings. The first-order valence-electron chi connectivity index (χ1n) is 15.5. The maximum Gasteiger partial charge on any atom is 0.241 e. The van der Waals surface area contributed by atoms with Crippen LogP contribution < -0.4 is 32.3 Å². The van der Waals surface area contributed by atoms with E-state index in [2.05, 4.69) is 187 Å². The summed E-state index contributed by atoms with van der Waals surface area (Å²) in [5.41, 5.74) is 11.9. The minimum absolute atomic E-state index is 0.293. The van der Waals surface area contributed by atoms with E-state index in [1.165, 1.54) is 65.7 Å². The Kier molecular flexibility index (Phi) is 10.3. The lowest BCUT2D eigenvalue weighted by atomic mass is 9.37. The third-order valence-corrected chi connectivity index (χ3v) is 10.6. The predicted octanol–water partition coefficient (Wildman–Crippen LogP) is 7.50. The molecule has 0 bridgehead atoms. The van der Waals surface area contributed by atoms with Crippen LogP contribution in [0.25, 0.3) is 0 Å². The van der Waals surface area contributed by atoms with Crippen LogP contribution in [-0.2, 0) is 0 Å². The van der Waals surface area contributed by atoms with Gasteiger partial charge < -0.3 is 0 Å². The van der Waals surface area contributed by atoms with Crippen molar-refractivity contribution in [3.05, 3.63) is 179 Å². The van der Waals surface area contributed by atoms with Crippen LogP contribution in [0, 0.1) is 41.5 Å². The SMILES string of the molecule is Cc1ccc(B(c2ccc(C)cc2)c2ccc(C)cc2)cc1.Cc1ccc(P(c2ccc(C)cc2)c2ccc(C)cc2)cc1. The van der Waals surface area contributed by atoms with Crippen molar-refractivity contribution in [1.82, 2.24) is 0 Å². The molecule has 0 radical (unpaired) electrons. The maximum atomic E-state index is 2.28. The number of hydrogen-bond acceptors (Lipinski definition) is 0. The first-order chi connectivity index (χ1) is 21.3. The third kappa shape index (κ3) is 8.05. The van der Waals surface area contributed by atoms with Crippen molar-refractivity contribution in [3.63, 3.8) is 0 Å². The molecule has 0 unspecified atom stereocenters. The Labute approximate surface area is 266 Å². The summed E-state index contributed by atoms with van der Waals surface area (Å²) in [7, 11) is -0.483. The molecule has 0 nitrogen and oxygen atoms in total. The number of aryl methyl sites for hydroxylation is 6. The van der Waals surface area contributed by atoms with Gasteiger partial charge in [-0.1, -0.05) is 195 Å². The molecule has 218 valence electrons. The van der Waals surface area contributed by atoms with Crippen LogP contribution >= 0.6 is 7.92 Å². The van der Waals surface area contributed by atoms with E-state index in [-0.39, 0.29) is 0 Å². The van der Waals surface area contributed by atoms with Crippen molar-refractivity contribution in [2.75, 3.05) is 0 Å². The predicted molar refractivity (Wildman–Crippen MR) is 198 cm³/mol. The molecule has 0 heterocycles. The van der Waals surface area contributed by atoms with E-state index in [0.29, 0.717) is 6.71 Å². The zero-order valence-corrected chi connectivity index (χ0v) is 27.8. The van der Waals surface area contributed by atoms with E-state index < -0.39 is 7.92 Å². The summed E-state index contributed by atoms with van der Waals surface area (Å²) in [6.07, 6.45) is 0. The minimum Gasteiger partial charge on any atom is -0.0687 e. The highest BCUT2D eigenvalue weighted by Gasteiger charge is 2.21. The Balaban J connectivity index is 0.000000175. The monoisotopic (exact) mass is 588 g/mol. The largest absolute Gasteiger partial charge is 0.241 e. The van der Waals surface area contributed by atoms with Gasteiger partial charge in [0, 0.05) is 0 Å². The summed E-state index contributed by atoms with van der Waals surface area (Å²) in [5, 5.41) is 4.23. The molecule has 44 heavy (non-hydrogen) atoms. The summed E-state index contributed by atoms with van der Waals surface area (Å²) in [4.78, 5) is 0. The van der Waals surface area contributed by atoms with Gasteiger partial charge in [0.05, 0.1) is 0 Å². The molecule has 0 saturated carbocycles. The summed E-state index contributed by atoms with van der Waals surface area (Å²) >= 11 is 0. The second-order valence-electron chi connectivity index (χ2n) is 12.0. The fourth-order valence-electron chi connectivity index (χ4n) is 5.38. The van der Waals surface area contributed by atoms with E-state index in [4.69, 9.17) is 0 Å². The van der Waals surface area contributed by atoms with Gasteiger partial charge in [0.1, 0.15) is 0 Å². The molecule has 0 aliphatic rings. The smallest absolute Gasteiger partial charge is 0.0687 e. The molecule has 0 spiro atoms. The Morgan fingerprint density at radius 2 is 0.455 bits per heavy atom. The first kappa shape index (κ1) is 31.2. The van der Waals surface area contributed by atoms with Gasteiger partial charge >= 0.3 is 0 Å². The van der Waals surface area contributed by atoms with Crippen LogP contribution in [0.3, 0.4) is 0 Å². The fourth-order valence-corrected chi connectivity index (χ4v) is 7.62. The van der Waals surface area contributed by atoms with Gasteiger partial charge in [0.15, 0.2) is 0 Å². The second kappa shape index (κ2) is 14.5. The fraction of sp³-hybridized carbons (Fsp3) is 0.143. The van der Waals surface area contributed by atoms with Gasteiger partial charge in [0.2, 0.25) is 6.71 Å². The molecule has 6 aromatic carbocycles. The summed E-state index contributed by atoms with van der Waals surface area (Å²) in [6.45, 7) is 13.1. The number of benzene rings is 6. The lowest BCUT2D eigenvalue weighted by molar-refractivity contribution is 1.48. The van der Waals surface area contributed by atoms with Gasteiger partial charge in [-0.15, -0.1) is 0 Å². The van der Waals surface area contributed by atoms with E-state index in [9.17, 15) is 0 Å². The Morgan fingerprint density at radius 1 is 0.273 bits per heavy atom. The van der Waals surface area contributed by atoms with Gasteiger partial charge in [-0.25, -0.2) is 0 Å². The van der Waals surface area contributed by atoms with Crippen molar-refractivity contribution < 1.29 is 0 Å². The van der Waals surface area contributed by atoms with Crippen LogP contribution in [0.5, 0.6) is 0 Å². The van der Waals surface area contributed by atoms with Crippen molar-refractivity contribution in [1.29, 1.82) is 0 Å². The Morgan fingerprint density at radius 3 is 0.659 bits per heavy atom. The van der Waals surface area contributed by atoms with Crippen molar-refractivity contribution >= 4 is 46.9 Å². The Bertz CT molecular complexity index is 1400. The van der Waals surface area contributed by atoms with Crippen LogP contribution in [0.2, 0.25) is 0 Å². The van der Waals surface area contributed by atoms with Crippen LogP contribution in [0.15, 0.2) is 146 Å². The van der Waals surface area contributed by atoms with Crippen molar-refractivity contribution in [3.8, 4) is 0 Å². The van der Waals surface area contributed by atoms with E-state index in [1.807, 2.05) is 0 Å².